The van der Waals surface area contributed by atoms with Gasteiger partial charge in [-0.3, -0.25) is 4.79 Å². The Hall–Kier alpha value is -1.40. The molecule has 6 nitrogen and oxygen atoms in total. The van der Waals surface area contributed by atoms with Crippen LogP contribution in [0.2, 0.25) is 0 Å². The third kappa shape index (κ3) is 2.34. The van der Waals surface area contributed by atoms with E-state index in [1.807, 2.05) is 0 Å². The quantitative estimate of drug-likeness (QED) is 0.637. The van der Waals surface area contributed by atoms with Crippen LogP contribution in [0.1, 0.15) is 23.3 Å². The van der Waals surface area contributed by atoms with Gasteiger partial charge >= 0.3 is 0 Å². The van der Waals surface area contributed by atoms with E-state index in [2.05, 4.69) is 15.3 Å². The zero-order valence-corrected chi connectivity index (χ0v) is 8.14. The molecule has 0 saturated carbocycles. The van der Waals surface area contributed by atoms with Crippen molar-refractivity contribution in [2.75, 3.05) is 6.61 Å². The molecule has 1 aromatic rings. The molecule has 15 heavy (non-hydrogen) atoms. The van der Waals surface area contributed by atoms with Gasteiger partial charge in [-0.15, -0.1) is 0 Å². The number of ether oxygens (including phenoxy) is 1. The number of amides is 1. The number of carbonyl (C=O) groups is 1. The highest BCUT2D eigenvalue weighted by Gasteiger charge is 2.26. The van der Waals surface area contributed by atoms with Crippen LogP contribution in [0.3, 0.4) is 0 Å². The summed E-state index contributed by atoms with van der Waals surface area (Å²) in [6, 6.07) is 0. The van der Waals surface area contributed by atoms with E-state index in [0.29, 0.717) is 5.69 Å². The number of nitrogens with one attached hydrogen (secondary N) is 2. The number of nitrogens with zero attached hydrogens (tertiary/aromatic N) is 1. The summed E-state index contributed by atoms with van der Waals surface area (Å²) in [6.07, 6.45) is 3.93. The van der Waals surface area contributed by atoms with E-state index >= 15 is 0 Å². The topological polar surface area (TPSA) is 87.2 Å². The Morgan fingerprint density at radius 1 is 1.73 bits per heavy atom. The number of aromatic amines is 1. The fraction of sp³-hybridized carbons (Fsp3) is 0.556. The normalized spacial score (nSPS) is 25.4. The molecule has 6 heteroatoms. The number of imidazole rings is 1. The van der Waals surface area contributed by atoms with Crippen LogP contribution in [-0.2, 0) is 4.74 Å². The molecule has 82 valence electrons. The number of aliphatic hydroxyl groups excluding tert-OH is 1. The van der Waals surface area contributed by atoms with E-state index in [1.165, 1.54) is 12.5 Å². The Morgan fingerprint density at radius 2 is 2.60 bits per heavy atom. The second kappa shape index (κ2) is 4.41. The van der Waals surface area contributed by atoms with E-state index < -0.39 is 0 Å². The van der Waals surface area contributed by atoms with Crippen LogP contribution in [0, 0.1) is 0 Å². The predicted molar refractivity (Wildman–Crippen MR) is 51.0 cm³/mol. The van der Waals surface area contributed by atoms with Crippen molar-refractivity contribution in [3.05, 3.63) is 18.2 Å². The highest BCUT2D eigenvalue weighted by Crippen LogP contribution is 2.17. The molecule has 1 aromatic heterocycles. The Morgan fingerprint density at radius 3 is 3.20 bits per heavy atom. The Labute approximate surface area is 86.7 Å². The third-order valence-corrected chi connectivity index (χ3v) is 2.35. The summed E-state index contributed by atoms with van der Waals surface area (Å²) in [6.45, 7) is -0.00354. The first-order valence-corrected chi connectivity index (χ1v) is 4.85. The molecule has 0 bridgehead atoms. The zero-order valence-electron chi connectivity index (χ0n) is 8.14. The first kappa shape index (κ1) is 10.1. The summed E-state index contributed by atoms with van der Waals surface area (Å²) in [7, 11) is 0. The van der Waals surface area contributed by atoms with Crippen molar-refractivity contribution in [1.82, 2.24) is 15.3 Å². The molecule has 1 aliphatic rings. The summed E-state index contributed by atoms with van der Waals surface area (Å²) in [5.74, 6) is -0.240. The monoisotopic (exact) mass is 211 g/mol. The number of H-pyrrole nitrogens is 1. The van der Waals surface area contributed by atoms with Crippen molar-refractivity contribution >= 4 is 5.91 Å². The van der Waals surface area contributed by atoms with Crippen LogP contribution >= 0.6 is 0 Å². The minimum absolute atomic E-state index is 0.00354. The fourth-order valence-corrected chi connectivity index (χ4v) is 1.55. The Bertz CT molecular complexity index is 325. The Kier molecular flexibility index (Phi) is 2.98. The van der Waals surface area contributed by atoms with Gasteiger partial charge in [-0.25, -0.2) is 4.98 Å². The molecular formula is C9H13N3O3. The molecule has 1 saturated heterocycles. The van der Waals surface area contributed by atoms with Crippen molar-refractivity contribution < 1.29 is 14.6 Å². The Balaban J connectivity index is 1.86. The molecule has 1 fully saturated rings. The minimum Gasteiger partial charge on any atom is -0.394 e. The number of carbonyl (C=O) groups excluding carboxylic acids is 1. The van der Waals surface area contributed by atoms with Crippen molar-refractivity contribution in [3.8, 4) is 0 Å². The van der Waals surface area contributed by atoms with Gasteiger partial charge in [-0.05, 0) is 12.8 Å². The maximum Gasteiger partial charge on any atom is 0.271 e. The summed E-state index contributed by atoms with van der Waals surface area (Å²) in [4.78, 5) is 18.0. The lowest BCUT2D eigenvalue weighted by molar-refractivity contribution is -0.00125. The molecule has 1 aliphatic heterocycles. The first-order valence-electron chi connectivity index (χ1n) is 4.85. The van der Waals surface area contributed by atoms with Gasteiger partial charge in [0.25, 0.3) is 5.91 Å². The lowest BCUT2D eigenvalue weighted by Gasteiger charge is -2.12. The molecule has 0 spiro atoms. The summed E-state index contributed by atoms with van der Waals surface area (Å²) in [5.41, 5.74) is 0.408. The van der Waals surface area contributed by atoms with E-state index in [4.69, 9.17) is 9.84 Å². The van der Waals surface area contributed by atoms with Crippen molar-refractivity contribution in [2.24, 2.45) is 0 Å². The average molecular weight is 211 g/mol. The number of hydrogen-bond donors (Lipinski definition) is 3. The molecule has 2 heterocycles. The maximum absolute atomic E-state index is 11.5. The molecule has 0 radical (unpaired) electrons. The van der Waals surface area contributed by atoms with Crippen LogP contribution in [-0.4, -0.2) is 39.9 Å². The second-order valence-electron chi connectivity index (χ2n) is 3.45. The number of aromatic nitrogens is 2. The van der Waals surface area contributed by atoms with Crippen LogP contribution in [0.15, 0.2) is 12.5 Å². The van der Waals surface area contributed by atoms with Gasteiger partial charge < -0.3 is 20.1 Å². The molecular weight excluding hydrogens is 198 g/mol. The number of hydrogen-bond acceptors (Lipinski definition) is 4. The number of rotatable bonds is 3. The largest absolute Gasteiger partial charge is 0.394 e. The minimum atomic E-state index is -0.307. The molecule has 0 aromatic carbocycles. The first-order chi connectivity index (χ1) is 7.29. The van der Waals surface area contributed by atoms with Crippen molar-refractivity contribution in [3.63, 3.8) is 0 Å². The zero-order chi connectivity index (χ0) is 10.7. The van der Waals surface area contributed by atoms with E-state index in [1.54, 1.807) is 0 Å². The molecule has 2 rings (SSSR count). The van der Waals surface area contributed by atoms with Crippen LogP contribution in [0.5, 0.6) is 0 Å². The van der Waals surface area contributed by atoms with Gasteiger partial charge in [0.1, 0.15) is 11.9 Å². The van der Waals surface area contributed by atoms with Gasteiger partial charge in [-0.2, -0.15) is 0 Å². The highest BCUT2D eigenvalue weighted by molar-refractivity contribution is 5.92. The van der Waals surface area contributed by atoms with Crippen LogP contribution in [0.25, 0.3) is 0 Å². The molecule has 0 unspecified atom stereocenters. The molecule has 1 amide bonds. The molecule has 3 N–H and O–H groups in total. The second-order valence-corrected chi connectivity index (χ2v) is 3.45. The van der Waals surface area contributed by atoms with Gasteiger partial charge in [0, 0.05) is 0 Å². The van der Waals surface area contributed by atoms with Gasteiger partial charge in [0.2, 0.25) is 0 Å². The standard InChI is InChI=1S/C9H13N3O3/c13-4-6-1-2-8(15-6)12-9(14)7-3-10-5-11-7/h3,5-6,8,13H,1-2,4H2,(H,10,11)(H,12,14)/t6-,8-/m0/s1. The SMILES string of the molecule is O=C(N[C@@H]1CC[C@@H](CO)O1)c1cnc[nH]1. The summed E-state index contributed by atoms with van der Waals surface area (Å²) < 4.78 is 5.36. The predicted octanol–water partition coefficient (Wildman–Crippen LogP) is -0.363. The van der Waals surface area contributed by atoms with E-state index in [0.717, 1.165) is 12.8 Å². The average Bonchev–Trinajstić information content (AvgIpc) is 2.87. The van der Waals surface area contributed by atoms with Gasteiger partial charge in [-0.1, -0.05) is 0 Å². The number of aliphatic hydroxyl groups is 1. The summed E-state index contributed by atoms with van der Waals surface area (Å²) >= 11 is 0. The highest BCUT2D eigenvalue weighted by atomic mass is 16.5. The lowest BCUT2D eigenvalue weighted by atomic mass is 10.2. The van der Waals surface area contributed by atoms with Gasteiger partial charge in [0.05, 0.1) is 25.2 Å². The van der Waals surface area contributed by atoms with Gasteiger partial charge in [0.15, 0.2) is 0 Å². The maximum atomic E-state index is 11.5. The lowest BCUT2D eigenvalue weighted by Crippen LogP contribution is -2.35. The van der Waals surface area contributed by atoms with E-state index in [-0.39, 0.29) is 24.8 Å². The van der Waals surface area contributed by atoms with E-state index in [9.17, 15) is 4.79 Å². The third-order valence-electron chi connectivity index (χ3n) is 2.35. The molecule has 2 atom stereocenters. The van der Waals surface area contributed by atoms with Crippen molar-refractivity contribution in [2.45, 2.75) is 25.2 Å². The van der Waals surface area contributed by atoms with Crippen molar-refractivity contribution in [1.29, 1.82) is 0 Å². The smallest absolute Gasteiger partial charge is 0.271 e. The van der Waals surface area contributed by atoms with Crippen LogP contribution < -0.4 is 5.32 Å². The summed E-state index contributed by atoms with van der Waals surface area (Å²) in [5, 5.41) is 11.6. The fourth-order valence-electron chi connectivity index (χ4n) is 1.55. The van der Waals surface area contributed by atoms with Crippen LogP contribution in [0.4, 0.5) is 0 Å². The molecule has 0 aliphatic carbocycles.